The van der Waals surface area contributed by atoms with Gasteiger partial charge < -0.3 is 5.11 Å². The van der Waals surface area contributed by atoms with Crippen LogP contribution in [-0.2, 0) is 0 Å². The fourth-order valence-electron chi connectivity index (χ4n) is 2.02. The Morgan fingerprint density at radius 3 is 1.65 bits per heavy atom. The van der Waals surface area contributed by atoms with E-state index in [-0.39, 0.29) is 0 Å². The van der Waals surface area contributed by atoms with Crippen LogP contribution in [0.15, 0.2) is 36.5 Å². The Balaban J connectivity index is 3.25. The van der Waals surface area contributed by atoms with Crippen molar-refractivity contribution in [1.29, 1.82) is 0 Å². The summed E-state index contributed by atoms with van der Waals surface area (Å²) in [5.74, 6) is 0. The maximum atomic E-state index is 8.66. The van der Waals surface area contributed by atoms with Crippen molar-refractivity contribution in [3.63, 3.8) is 0 Å². The van der Waals surface area contributed by atoms with Gasteiger partial charge in [0.2, 0.25) is 0 Å². The first-order valence-electron chi connectivity index (χ1n) is 8.47. The van der Waals surface area contributed by atoms with E-state index >= 15 is 0 Å². The fraction of sp³-hybridized carbons (Fsp3) is 0.684. The van der Waals surface area contributed by atoms with Gasteiger partial charge in [0.25, 0.3) is 0 Å². The second kappa shape index (κ2) is 18.2. The van der Waals surface area contributed by atoms with Gasteiger partial charge in [-0.1, -0.05) is 69.1 Å². The van der Waals surface area contributed by atoms with Crippen LogP contribution in [-0.4, -0.2) is 11.7 Å². The minimum atomic E-state index is 0.341. The van der Waals surface area contributed by atoms with Gasteiger partial charge in [-0.2, -0.15) is 0 Å². The molecule has 1 N–H and O–H groups in total. The van der Waals surface area contributed by atoms with Gasteiger partial charge in [0.1, 0.15) is 0 Å². The summed E-state index contributed by atoms with van der Waals surface area (Å²) >= 11 is 0. The number of hydrogen-bond acceptors (Lipinski definition) is 1. The van der Waals surface area contributed by atoms with Crippen molar-refractivity contribution in [1.82, 2.24) is 0 Å². The summed E-state index contributed by atoms with van der Waals surface area (Å²) < 4.78 is 0. The van der Waals surface area contributed by atoms with Crippen molar-refractivity contribution >= 4 is 0 Å². The molecule has 116 valence electrons. The van der Waals surface area contributed by atoms with E-state index in [0.717, 1.165) is 25.7 Å². The average molecular weight is 278 g/mol. The molecule has 0 heterocycles. The third kappa shape index (κ3) is 17.2. The summed E-state index contributed by atoms with van der Waals surface area (Å²) in [6, 6.07) is 0. The molecule has 0 saturated carbocycles. The predicted molar refractivity (Wildman–Crippen MR) is 91.0 cm³/mol. The molecule has 20 heavy (non-hydrogen) atoms. The zero-order valence-electron chi connectivity index (χ0n) is 13.4. The van der Waals surface area contributed by atoms with E-state index in [1.165, 1.54) is 44.9 Å². The summed E-state index contributed by atoms with van der Waals surface area (Å²) in [7, 11) is 0. The van der Waals surface area contributed by atoms with E-state index in [0.29, 0.717) is 6.61 Å². The molecule has 0 unspecified atom stereocenters. The van der Waals surface area contributed by atoms with Crippen LogP contribution in [0.3, 0.4) is 0 Å². The zero-order chi connectivity index (χ0) is 14.7. The molecule has 0 aliphatic carbocycles. The van der Waals surface area contributed by atoms with E-state index in [1.54, 1.807) is 0 Å². The van der Waals surface area contributed by atoms with Crippen LogP contribution in [0.4, 0.5) is 0 Å². The number of allylic oxidation sites excluding steroid dienone is 6. The lowest BCUT2D eigenvalue weighted by molar-refractivity contribution is 0.282. The van der Waals surface area contributed by atoms with Crippen molar-refractivity contribution in [3.05, 3.63) is 36.5 Å². The number of unbranched alkanes of at least 4 members (excludes halogenated alkanes) is 7. The quantitative estimate of drug-likeness (QED) is 0.307. The summed E-state index contributed by atoms with van der Waals surface area (Å²) in [5.41, 5.74) is 0. The molecule has 0 aromatic heterocycles. The zero-order valence-corrected chi connectivity index (χ0v) is 13.4. The lowest BCUT2D eigenvalue weighted by atomic mass is 10.1. The van der Waals surface area contributed by atoms with Crippen LogP contribution >= 0.6 is 0 Å². The summed E-state index contributed by atoms with van der Waals surface area (Å²) in [6.45, 7) is 2.59. The number of rotatable bonds is 14. The number of aliphatic hydroxyl groups excluding tert-OH is 1. The topological polar surface area (TPSA) is 20.2 Å². The third-order valence-electron chi connectivity index (χ3n) is 3.30. The highest BCUT2D eigenvalue weighted by Gasteiger charge is 1.86. The molecular weight excluding hydrogens is 244 g/mol. The first-order chi connectivity index (χ1) is 9.91. The van der Waals surface area contributed by atoms with Crippen LogP contribution < -0.4 is 0 Å². The van der Waals surface area contributed by atoms with Crippen molar-refractivity contribution in [2.75, 3.05) is 6.61 Å². The molecule has 0 aromatic rings. The van der Waals surface area contributed by atoms with Crippen LogP contribution in [0.2, 0.25) is 0 Å². The second-order valence-electron chi connectivity index (χ2n) is 5.31. The fourth-order valence-corrected chi connectivity index (χ4v) is 2.02. The van der Waals surface area contributed by atoms with Crippen molar-refractivity contribution < 1.29 is 5.11 Å². The molecule has 0 aliphatic heterocycles. The maximum Gasteiger partial charge on any atom is 0.0431 e. The van der Waals surface area contributed by atoms with Crippen LogP contribution in [0.1, 0.15) is 77.6 Å². The van der Waals surface area contributed by atoms with Gasteiger partial charge in [-0.05, 0) is 44.9 Å². The highest BCUT2D eigenvalue weighted by atomic mass is 16.2. The molecular formula is C19H34O. The van der Waals surface area contributed by atoms with Gasteiger partial charge in [-0.3, -0.25) is 0 Å². The number of hydrogen-bond donors (Lipinski definition) is 1. The highest BCUT2D eigenvalue weighted by Crippen LogP contribution is 2.04. The predicted octanol–water partition coefficient (Wildman–Crippen LogP) is 5.96. The molecule has 0 spiro atoms. The van der Waals surface area contributed by atoms with E-state index < -0.39 is 0 Å². The van der Waals surface area contributed by atoms with E-state index in [9.17, 15) is 0 Å². The molecule has 0 fully saturated rings. The Kier molecular flexibility index (Phi) is 17.4. The molecule has 0 aliphatic rings. The van der Waals surface area contributed by atoms with Crippen molar-refractivity contribution in [2.45, 2.75) is 77.6 Å². The minimum Gasteiger partial charge on any atom is -0.396 e. The Bertz CT molecular complexity index is 250. The summed E-state index contributed by atoms with van der Waals surface area (Å²) in [6.07, 6.45) is 26.8. The Labute approximate surface area is 126 Å². The first-order valence-corrected chi connectivity index (χ1v) is 8.47. The molecule has 1 nitrogen and oxygen atoms in total. The van der Waals surface area contributed by atoms with Gasteiger partial charge in [-0.15, -0.1) is 0 Å². The minimum absolute atomic E-state index is 0.341. The van der Waals surface area contributed by atoms with Crippen LogP contribution in [0, 0.1) is 0 Å². The van der Waals surface area contributed by atoms with Gasteiger partial charge >= 0.3 is 0 Å². The standard InChI is InChI=1S/C19H34O/c1-2-3-4-5-6-7-8-9-10-11-12-13-14-15-16-17-18-19-20/h6-7,9-10,12-13,20H,2-5,8,11,14-19H2,1H3/b7-6-,10-9-,13-12-. The summed E-state index contributed by atoms with van der Waals surface area (Å²) in [5, 5.41) is 8.66. The Morgan fingerprint density at radius 2 is 1.10 bits per heavy atom. The van der Waals surface area contributed by atoms with Crippen LogP contribution in [0.25, 0.3) is 0 Å². The first kappa shape index (κ1) is 19.2. The van der Waals surface area contributed by atoms with Crippen LogP contribution in [0.5, 0.6) is 0 Å². The SMILES string of the molecule is CCCCC/C=C\C/C=C\C/C=C\CCCCCCO. The lowest BCUT2D eigenvalue weighted by Crippen LogP contribution is -1.82. The molecule has 1 heteroatoms. The smallest absolute Gasteiger partial charge is 0.0431 e. The molecule has 0 radical (unpaired) electrons. The molecule has 0 aromatic carbocycles. The molecule has 0 atom stereocenters. The lowest BCUT2D eigenvalue weighted by Gasteiger charge is -1.95. The van der Waals surface area contributed by atoms with Gasteiger partial charge in [0, 0.05) is 6.61 Å². The third-order valence-corrected chi connectivity index (χ3v) is 3.30. The van der Waals surface area contributed by atoms with E-state index in [1.807, 2.05) is 0 Å². The second-order valence-corrected chi connectivity index (χ2v) is 5.31. The summed E-state index contributed by atoms with van der Waals surface area (Å²) in [4.78, 5) is 0. The average Bonchev–Trinajstić information content (AvgIpc) is 2.47. The highest BCUT2D eigenvalue weighted by molar-refractivity contribution is 4.97. The van der Waals surface area contributed by atoms with E-state index in [2.05, 4.69) is 43.4 Å². The van der Waals surface area contributed by atoms with E-state index in [4.69, 9.17) is 5.11 Å². The van der Waals surface area contributed by atoms with Crippen molar-refractivity contribution in [2.24, 2.45) is 0 Å². The number of aliphatic hydroxyl groups is 1. The monoisotopic (exact) mass is 278 g/mol. The Hall–Kier alpha value is -0.820. The van der Waals surface area contributed by atoms with Gasteiger partial charge in [0.15, 0.2) is 0 Å². The van der Waals surface area contributed by atoms with Crippen molar-refractivity contribution in [3.8, 4) is 0 Å². The van der Waals surface area contributed by atoms with Gasteiger partial charge in [0.05, 0.1) is 0 Å². The largest absolute Gasteiger partial charge is 0.396 e. The van der Waals surface area contributed by atoms with Gasteiger partial charge in [-0.25, -0.2) is 0 Å². The molecule has 0 saturated heterocycles. The maximum absolute atomic E-state index is 8.66. The normalized spacial score (nSPS) is 12.3. The Morgan fingerprint density at radius 1 is 0.600 bits per heavy atom. The molecule has 0 rings (SSSR count). The molecule has 0 amide bonds. The molecule has 0 bridgehead atoms.